The molecule has 1 atom stereocenters. The van der Waals surface area contributed by atoms with Crippen molar-refractivity contribution in [3.63, 3.8) is 0 Å². The monoisotopic (exact) mass is 433 g/mol. The van der Waals surface area contributed by atoms with Crippen LogP contribution in [0.1, 0.15) is 29.2 Å². The molecule has 0 spiro atoms. The number of hydrogen-bond acceptors (Lipinski definition) is 7. The van der Waals surface area contributed by atoms with E-state index < -0.39 is 4.92 Å². The van der Waals surface area contributed by atoms with Crippen molar-refractivity contribution in [3.8, 4) is 17.2 Å². The number of hydrogen-bond donors (Lipinski definition) is 1. The minimum absolute atomic E-state index is 0.0211. The number of fused-ring (bicyclic) bond motifs is 1. The van der Waals surface area contributed by atoms with Gasteiger partial charge in [0.05, 0.1) is 36.1 Å². The van der Waals surface area contributed by atoms with E-state index in [1.54, 1.807) is 32.4 Å². The predicted molar refractivity (Wildman–Crippen MR) is 122 cm³/mol. The lowest BCUT2D eigenvalue weighted by atomic mass is 9.94. The number of ether oxygens (including phenoxy) is 3. The number of aryl methyl sites for hydroxylation is 1. The molecule has 0 radical (unpaired) electrons. The highest BCUT2D eigenvalue weighted by Crippen LogP contribution is 2.42. The molecule has 3 aromatic rings. The Balaban J connectivity index is 1.72. The number of methoxy groups -OCH3 is 2. The summed E-state index contributed by atoms with van der Waals surface area (Å²) >= 11 is 0. The van der Waals surface area contributed by atoms with Crippen molar-refractivity contribution in [2.45, 2.75) is 19.4 Å². The number of rotatable bonds is 6. The lowest BCUT2D eigenvalue weighted by Crippen LogP contribution is -2.22. The van der Waals surface area contributed by atoms with Gasteiger partial charge in [-0.05, 0) is 24.6 Å². The number of hydrazone groups is 1. The Hall–Kier alpha value is -4.07. The molecule has 0 fully saturated rings. The van der Waals surface area contributed by atoms with E-state index in [2.05, 4.69) is 10.5 Å². The average Bonchev–Trinajstić information content (AvgIpc) is 2.82. The Morgan fingerprint density at radius 1 is 1.06 bits per heavy atom. The normalized spacial score (nSPS) is 16.1. The molecule has 1 N–H and O–H groups in total. The molecule has 0 amide bonds. The van der Waals surface area contributed by atoms with Crippen LogP contribution >= 0.6 is 0 Å². The van der Waals surface area contributed by atoms with Crippen molar-refractivity contribution >= 4 is 17.1 Å². The van der Waals surface area contributed by atoms with Gasteiger partial charge in [0.25, 0.3) is 5.69 Å². The summed E-state index contributed by atoms with van der Waals surface area (Å²) in [6.45, 7) is 2.04. The second-order valence-electron chi connectivity index (χ2n) is 7.40. The van der Waals surface area contributed by atoms with Crippen LogP contribution in [0.5, 0.6) is 17.2 Å². The molecule has 32 heavy (non-hydrogen) atoms. The number of anilines is 1. The lowest BCUT2D eigenvalue weighted by molar-refractivity contribution is -0.384. The number of nitro benzene ring substituents is 1. The zero-order valence-corrected chi connectivity index (χ0v) is 18.0. The van der Waals surface area contributed by atoms with E-state index in [0.717, 1.165) is 16.8 Å². The van der Waals surface area contributed by atoms with Crippen molar-refractivity contribution in [1.29, 1.82) is 0 Å². The van der Waals surface area contributed by atoms with E-state index in [1.165, 1.54) is 17.7 Å². The van der Waals surface area contributed by atoms with Gasteiger partial charge in [-0.25, -0.2) is 0 Å². The molecular weight excluding hydrogens is 410 g/mol. The van der Waals surface area contributed by atoms with Gasteiger partial charge in [-0.2, -0.15) is 5.10 Å². The summed E-state index contributed by atoms with van der Waals surface area (Å²) in [6, 6.07) is 17.9. The third-order valence-corrected chi connectivity index (χ3v) is 5.28. The molecule has 0 saturated heterocycles. The number of benzene rings is 3. The summed E-state index contributed by atoms with van der Waals surface area (Å²) < 4.78 is 17.3. The zero-order chi connectivity index (χ0) is 22.7. The second-order valence-corrected chi connectivity index (χ2v) is 7.40. The molecule has 0 bridgehead atoms. The lowest BCUT2D eigenvalue weighted by Gasteiger charge is -2.29. The summed E-state index contributed by atoms with van der Waals surface area (Å²) in [7, 11) is 3.18. The topological polar surface area (TPSA) is 95.2 Å². The van der Waals surface area contributed by atoms with Gasteiger partial charge in [-0.1, -0.05) is 29.8 Å². The second kappa shape index (κ2) is 8.97. The Morgan fingerprint density at radius 3 is 2.41 bits per heavy atom. The van der Waals surface area contributed by atoms with Crippen LogP contribution in [0.3, 0.4) is 0 Å². The minimum atomic E-state index is -0.436. The first-order valence-electron chi connectivity index (χ1n) is 10.0. The van der Waals surface area contributed by atoms with Crippen LogP contribution in [0.25, 0.3) is 0 Å². The van der Waals surface area contributed by atoms with Gasteiger partial charge in [0.15, 0.2) is 0 Å². The molecule has 3 aromatic carbocycles. The largest absolute Gasteiger partial charge is 0.496 e. The Kier molecular flexibility index (Phi) is 5.93. The minimum Gasteiger partial charge on any atom is -0.496 e. The highest BCUT2D eigenvalue weighted by atomic mass is 16.6. The van der Waals surface area contributed by atoms with Crippen LogP contribution in [-0.2, 0) is 0 Å². The number of nitro groups is 1. The molecule has 8 heteroatoms. The van der Waals surface area contributed by atoms with Crippen molar-refractivity contribution in [1.82, 2.24) is 0 Å². The molecule has 1 aliphatic rings. The van der Waals surface area contributed by atoms with E-state index in [-0.39, 0.29) is 11.8 Å². The Labute approximate surface area is 185 Å². The molecule has 4 rings (SSSR count). The molecule has 8 nitrogen and oxygen atoms in total. The zero-order valence-electron chi connectivity index (χ0n) is 18.0. The van der Waals surface area contributed by atoms with E-state index in [0.29, 0.717) is 29.4 Å². The van der Waals surface area contributed by atoms with Crippen molar-refractivity contribution in [3.05, 3.63) is 87.5 Å². The maximum atomic E-state index is 10.9. The molecule has 0 aromatic heterocycles. The quantitative estimate of drug-likeness (QED) is 0.421. The van der Waals surface area contributed by atoms with Crippen LogP contribution in [-0.4, -0.2) is 24.9 Å². The van der Waals surface area contributed by atoms with E-state index in [9.17, 15) is 10.1 Å². The van der Waals surface area contributed by atoms with Crippen molar-refractivity contribution in [2.75, 3.05) is 19.6 Å². The predicted octanol–water partition coefficient (Wildman–Crippen LogP) is 5.26. The van der Waals surface area contributed by atoms with Gasteiger partial charge in [-0.3, -0.25) is 15.5 Å². The Bertz CT molecular complexity index is 1160. The fourth-order valence-corrected chi connectivity index (χ4v) is 3.55. The van der Waals surface area contributed by atoms with Gasteiger partial charge in [0.1, 0.15) is 23.4 Å². The number of non-ortho nitro benzene ring substituents is 1. The number of nitrogens with one attached hydrogen (secondary N) is 1. The van der Waals surface area contributed by atoms with Crippen molar-refractivity contribution in [2.24, 2.45) is 5.10 Å². The maximum Gasteiger partial charge on any atom is 0.269 e. The molecule has 0 aliphatic carbocycles. The molecule has 0 saturated carbocycles. The van der Waals surface area contributed by atoms with Crippen LogP contribution in [0, 0.1) is 17.0 Å². The smallest absolute Gasteiger partial charge is 0.269 e. The van der Waals surface area contributed by atoms with Crippen LogP contribution in [0.15, 0.2) is 65.8 Å². The van der Waals surface area contributed by atoms with E-state index >= 15 is 0 Å². The highest BCUT2D eigenvalue weighted by molar-refractivity contribution is 6.07. The SMILES string of the molecule is COc1cc(OC)c2c(c1)OC(c1ccc(C)cc1)C/C2=N\Nc1ccc([N+](=O)[O-])cc1. The fourth-order valence-electron chi connectivity index (χ4n) is 3.55. The highest BCUT2D eigenvalue weighted by Gasteiger charge is 2.30. The van der Waals surface area contributed by atoms with E-state index in [4.69, 9.17) is 14.2 Å². The number of nitrogens with zero attached hydrogens (tertiary/aromatic N) is 2. The first-order chi connectivity index (χ1) is 15.5. The molecular formula is C24H23N3O5. The molecule has 164 valence electrons. The van der Waals surface area contributed by atoms with Gasteiger partial charge in [0.2, 0.25) is 0 Å². The third-order valence-electron chi connectivity index (χ3n) is 5.28. The summed E-state index contributed by atoms with van der Waals surface area (Å²) in [5.74, 6) is 1.82. The average molecular weight is 433 g/mol. The molecule has 1 heterocycles. The van der Waals surface area contributed by atoms with Gasteiger partial charge in [-0.15, -0.1) is 0 Å². The molecule has 1 aliphatic heterocycles. The van der Waals surface area contributed by atoms with Crippen LogP contribution < -0.4 is 19.6 Å². The fraction of sp³-hybridized carbons (Fsp3) is 0.208. The standard InChI is InChI=1S/C24H23N3O5/c1-15-4-6-16(7-5-15)21-14-20(26-25-17-8-10-18(11-9-17)27(28)29)24-22(31-3)12-19(30-2)13-23(24)32-21/h4-13,21,25H,14H2,1-3H3/b26-20+. The summed E-state index contributed by atoms with van der Waals surface area (Å²) in [5.41, 5.74) is 7.35. The van der Waals surface area contributed by atoms with Crippen molar-refractivity contribution < 1.29 is 19.1 Å². The summed E-state index contributed by atoms with van der Waals surface area (Å²) in [6.07, 6.45) is 0.274. The third kappa shape index (κ3) is 4.34. The van der Waals surface area contributed by atoms with Gasteiger partial charge >= 0.3 is 0 Å². The van der Waals surface area contributed by atoms with Gasteiger partial charge < -0.3 is 14.2 Å². The van der Waals surface area contributed by atoms with Crippen LogP contribution in [0.4, 0.5) is 11.4 Å². The molecule has 1 unspecified atom stereocenters. The first-order valence-corrected chi connectivity index (χ1v) is 10.0. The first kappa shape index (κ1) is 21.2. The summed E-state index contributed by atoms with van der Waals surface area (Å²) in [4.78, 5) is 10.5. The maximum absolute atomic E-state index is 10.9. The van der Waals surface area contributed by atoms with Gasteiger partial charge in [0, 0.05) is 30.7 Å². The Morgan fingerprint density at radius 2 is 1.78 bits per heavy atom. The van der Waals surface area contributed by atoms with E-state index in [1.807, 2.05) is 37.3 Å². The summed E-state index contributed by atoms with van der Waals surface area (Å²) in [5, 5.41) is 15.5. The van der Waals surface area contributed by atoms with Crippen LogP contribution in [0.2, 0.25) is 0 Å².